The first kappa shape index (κ1) is 11.8. The SMILES string of the molecule is CC(C)c1c(N)n[nH]c1-c1cc2c(s1)CCCC2. The minimum absolute atomic E-state index is 0.401. The Labute approximate surface area is 111 Å². The monoisotopic (exact) mass is 261 g/mol. The number of thiophene rings is 1. The summed E-state index contributed by atoms with van der Waals surface area (Å²) in [5, 5.41) is 7.30. The summed E-state index contributed by atoms with van der Waals surface area (Å²) in [6, 6.07) is 2.33. The van der Waals surface area contributed by atoms with Crippen molar-refractivity contribution in [1.29, 1.82) is 0 Å². The molecular weight excluding hydrogens is 242 g/mol. The third-order valence-electron chi connectivity index (χ3n) is 3.65. The molecule has 0 fully saturated rings. The lowest BCUT2D eigenvalue weighted by Gasteiger charge is -2.08. The van der Waals surface area contributed by atoms with Crippen molar-refractivity contribution in [1.82, 2.24) is 10.2 Å². The minimum Gasteiger partial charge on any atom is -0.382 e. The lowest BCUT2D eigenvalue weighted by atomic mass is 9.98. The molecule has 0 bridgehead atoms. The fourth-order valence-corrected chi connectivity index (χ4v) is 4.01. The number of anilines is 1. The molecule has 0 aliphatic heterocycles. The van der Waals surface area contributed by atoms with E-state index in [0.717, 1.165) is 11.3 Å². The summed E-state index contributed by atoms with van der Waals surface area (Å²) < 4.78 is 0. The van der Waals surface area contributed by atoms with E-state index in [-0.39, 0.29) is 0 Å². The molecule has 1 aliphatic rings. The highest BCUT2D eigenvalue weighted by Crippen LogP contribution is 2.39. The summed E-state index contributed by atoms with van der Waals surface area (Å²) in [6.07, 6.45) is 5.12. The van der Waals surface area contributed by atoms with Gasteiger partial charge in [0.25, 0.3) is 0 Å². The summed E-state index contributed by atoms with van der Waals surface area (Å²) in [6.45, 7) is 4.33. The van der Waals surface area contributed by atoms with Gasteiger partial charge in [-0.3, -0.25) is 5.10 Å². The summed E-state index contributed by atoms with van der Waals surface area (Å²) >= 11 is 1.91. The van der Waals surface area contributed by atoms with E-state index in [4.69, 9.17) is 5.73 Å². The van der Waals surface area contributed by atoms with Crippen LogP contribution in [0.15, 0.2) is 6.07 Å². The highest BCUT2D eigenvalue weighted by atomic mass is 32.1. The molecule has 3 rings (SSSR count). The molecule has 4 heteroatoms. The number of fused-ring (bicyclic) bond motifs is 1. The lowest BCUT2D eigenvalue weighted by Crippen LogP contribution is -1.96. The molecule has 2 aromatic heterocycles. The molecule has 3 nitrogen and oxygen atoms in total. The van der Waals surface area contributed by atoms with Crippen molar-refractivity contribution in [2.45, 2.75) is 45.4 Å². The van der Waals surface area contributed by atoms with Crippen LogP contribution in [0.25, 0.3) is 10.6 Å². The van der Waals surface area contributed by atoms with Gasteiger partial charge in [-0.2, -0.15) is 5.10 Å². The largest absolute Gasteiger partial charge is 0.382 e. The Hall–Kier alpha value is -1.29. The predicted molar refractivity (Wildman–Crippen MR) is 77.0 cm³/mol. The van der Waals surface area contributed by atoms with Gasteiger partial charge >= 0.3 is 0 Å². The topological polar surface area (TPSA) is 54.7 Å². The molecule has 0 atom stereocenters. The first-order chi connectivity index (χ1) is 8.66. The molecule has 3 N–H and O–H groups in total. The summed E-state index contributed by atoms with van der Waals surface area (Å²) in [5.74, 6) is 1.05. The molecule has 0 saturated carbocycles. The number of hydrogen-bond acceptors (Lipinski definition) is 3. The first-order valence-electron chi connectivity index (χ1n) is 6.62. The van der Waals surface area contributed by atoms with Crippen LogP contribution >= 0.6 is 11.3 Å². The number of aromatic amines is 1. The number of hydrogen-bond donors (Lipinski definition) is 2. The minimum atomic E-state index is 0.401. The van der Waals surface area contributed by atoms with Crippen molar-refractivity contribution in [3.8, 4) is 10.6 Å². The van der Waals surface area contributed by atoms with Crippen molar-refractivity contribution < 1.29 is 0 Å². The molecule has 0 saturated heterocycles. The van der Waals surface area contributed by atoms with Gasteiger partial charge in [-0.1, -0.05) is 13.8 Å². The van der Waals surface area contributed by atoms with Gasteiger partial charge in [-0.25, -0.2) is 0 Å². The molecule has 96 valence electrons. The second-order valence-corrected chi connectivity index (χ2v) is 6.46. The number of nitrogens with two attached hydrogens (primary N) is 1. The Balaban J connectivity index is 2.07. The van der Waals surface area contributed by atoms with Crippen LogP contribution in [0.4, 0.5) is 5.82 Å². The van der Waals surface area contributed by atoms with Crippen LogP contribution < -0.4 is 5.73 Å². The number of nitrogens with one attached hydrogen (secondary N) is 1. The van der Waals surface area contributed by atoms with Gasteiger partial charge in [0.05, 0.1) is 10.6 Å². The van der Waals surface area contributed by atoms with E-state index in [2.05, 4.69) is 30.1 Å². The normalized spacial score (nSPS) is 15.1. The number of nitrogen functional groups attached to an aromatic ring is 1. The second kappa shape index (κ2) is 4.43. The first-order valence-corrected chi connectivity index (χ1v) is 7.44. The van der Waals surface area contributed by atoms with E-state index in [0.29, 0.717) is 11.7 Å². The summed E-state index contributed by atoms with van der Waals surface area (Å²) in [5.41, 5.74) is 9.78. The number of nitrogens with zero attached hydrogens (tertiary/aromatic N) is 1. The van der Waals surface area contributed by atoms with Gasteiger partial charge in [-0.05, 0) is 43.2 Å². The highest BCUT2D eigenvalue weighted by Gasteiger charge is 2.20. The highest BCUT2D eigenvalue weighted by molar-refractivity contribution is 7.15. The van der Waals surface area contributed by atoms with Crippen LogP contribution in [0.5, 0.6) is 0 Å². The van der Waals surface area contributed by atoms with E-state index in [1.807, 2.05) is 11.3 Å². The van der Waals surface area contributed by atoms with E-state index in [9.17, 15) is 0 Å². The molecular formula is C14H19N3S. The van der Waals surface area contributed by atoms with Gasteiger partial charge in [0, 0.05) is 10.4 Å². The quantitative estimate of drug-likeness (QED) is 0.865. The molecule has 18 heavy (non-hydrogen) atoms. The Bertz CT molecular complexity index is 542. The van der Waals surface area contributed by atoms with Crippen molar-refractivity contribution in [3.05, 3.63) is 22.1 Å². The number of H-pyrrole nitrogens is 1. The zero-order valence-corrected chi connectivity index (χ0v) is 11.7. The van der Waals surface area contributed by atoms with E-state index >= 15 is 0 Å². The van der Waals surface area contributed by atoms with Crippen LogP contribution in [-0.4, -0.2) is 10.2 Å². The van der Waals surface area contributed by atoms with Gasteiger partial charge in [0.1, 0.15) is 5.82 Å². The zero-order valence-electron chi connectivity index (χ0n) is 10.9. The van der Waals surface area contributed by atoms with E-state index < -0.39 is 0 Å². The van der Waals surface area contributed by atoms with Crippen molar-refractivity contribution >= 4 is 17.2 Å². The molecule has 0 aromatic carbocycles. The molecule has 0 unspecified atom stereocenters. The summed E-state index contributed by atoms with van der Waals surface area (Å²) in [4.78, 5) is 2.86. The fourth-order valence-electron chi connectivity index (χ4n) is 2.75. The predicted octanol–water partition coefficient (Wildman–Crippen LogP) is 3.72. The van der Waals surface area contributed by atoms with Gasteiger partial charge in [-0.15, -0.1) is 11.3 Å². The third kappa shape index (κ3) is 1.85. The van der Waals surface area contributed by atoms with Crippen molar-refractivity contribution in [3.63, 3.8) is 0 Å². The van der Waals surface area contributed by atoms with Gasteiger partial charge in [0.2, 0.25) is 0 Å². The van der Waals surface area contributed by atoms with Crippen molar-refractivity contribution in [2.24, 2.45) is 0 Å². The van der Waals surface area contributed by atoms with Crippen LogP contribution in [0.1, 0.15) is 48.6 Å². The number of aryl methyl sites for hydroxylation is 2. The number of aromatic nitrogens is 2. The van der Waals surface area contributed by atoms with Crippen LogP contribution in [0.3, 0.4) is 0 Å². The van der Waals surface area contributed by atoms with Gasteiger partial charge < -0.3 is 5.73 Å². The van der Waals surface area contributed by atoms with Gasteiger partial charge in [0.15, 0.2) is 0 Å². The average Bonchev–Trinajstić information content (AvgIpc) is 2.91. The zero-order chi connectivity index (χ0) is 12.7. The Morgan fingerprint density at radius 3 is 2.83 bits per heavy atom. The third-order valence-corrected chi connectivity index (χ3v) is 4.91. The smallest absolute Gasteiger partial charge is 0.149 e. The molecule has 1 aliphatic carbocycles. The molecule has 2 heterocycles. The van der Waals surface area contributed by atoms with E-state index in [1.165, 1.54) is 36.1 Å². The molecule has 0 spiro atoms. The Morgan fingerprint density at radius 2 is 2.11 bits per heavy atom. The maximum absolute atomic E-state index is 5.96. The second-order valence-electron chi connectivity index (χ2n) is 5.32. The molecule has 2 aromatic rings. The maximum atomic E-state index is 5.96. The van der Waals surface area contributed by atoms with Crippen LogP contribution in [0.2, 0.25) is 0 Å². The number of rotatable bonds is 2. The Kier molecular flexibility index (Phi) is 2.90. The molecule has 0 amide bonds. The molecule has 0 radical (unpaired) electrons. The van der Waals surface area contributed by atoms with E-state index in [1.54, 1.807) is 4.88 Å². The summed E-state index contributed by atoms with van der Waals surface area (Å²) in [7, 11) is 0. The Morgan fingerprint density at radius 1 is 1.33 bits per heavy atom. The van der Waals surface area contributed by atoms with Crippen LogP contribution in [-0.2, 0) is 12.8 Å². The lowest BCUT2D eigenvalue weighted by molar-refractivity contribution is 0.697. The van der Waals surface area contributed by atoms with Crippen LogP contribution in [0, 0.1) is 0 Å². The fraction of sp³-hybridized carbons (Fsp3) is 0.500. The maximum Gasteiger partial charge on any atom is 0.149 e. The van der Waals surface area contributed by atoms with Crippen molar-refractivity contribution in [2.75, 3.05) is 5.73 Å². The average molecular weight is 261 g/mol. The standard InChI is InChI=1S/C14H19N3S/c1-8(2)12-13(16-17-14(12)15)11-7-9-5-3-4-6-10(9)18-11/h7-8H,3-6H2,1-2H3,(H3,15,16,17).